The van der Waals surface area contributed by atoms with Gasteiger partial charge in [0, 0.05) is 9.75 Å². The molecule has 2 unspecified atom stereocenters. The second-order valence-corrected chi connectivity index (χ2v) is 7.92. The summed E-state index contributed by atoms with van der Waals surface area (Å²) in [5.41, 5.74) is 0.903. The number of carboxylic acid groups (broad SMARTS) is 1. The monoisotopic (exact) mass is 389 g/mol. The summed E-state index contributed by atoms with van der Waals surface area (Å²) in [4.78, 5) is 16.5. The molecule has 27 heavy (non-hydrogen) atoms. The minimum absolute atomic E-state index is 0.206. The average Bonchev–Trinajstić information content (AvgIpc) is 3.17. The SMILES string of the molecule is CCc1ccc(C(c2c(OC)cccc2OC)N2CCCCC2C(=O)O)s1. The van der Waals surface area contributed by atoms with Crippen LogP contribution in [0.5, 0.6) is 11.5 Å². The number of carboxylic acids is 1. The number of thiophene rings is 1. The molecule has 146 valence electrons. The van der Waals surface area contributed by atoms with Gasteiger partial charge in [0.15, 0.2) is 0 Å². The minimum Gasteiger partial charge on any atom is -0.496 e. The first kappa shape index (κ1) is 19.7. The molecular formula is C21H27NO4S. The smallest absolute Gasteiger partial charge is 0.320 e. The van der Waals surface area contributed by atoms with E-state index in [0.717, 1.165) is 47.7 Å². The first-order valence-corrected chi connectivity index (χ1v) is 10.2. The fourth-order valence-corrected chi connectivity index (χ4v) is 4.96. The Labute approximate surface area is 164 Å². The maximum atomic E-state index is 12.0. The predicted octanol–water partition coefficient (Wildman–Crippen LogP) is 4.36. The van der Waals surface area contributed by atoms with Crippen LogP contribution in [0.4, 0.5) is 0 Å². The summed E-state index contributed by atoms with van der Waals surface area (Å²) in [7, 11) is 3.29. The zero-order valence-electron chi connectivity index (χ0n) is 16.1. The van der Waals surface area contributed by atoms with E-state index < -0.39 is 12.0 Å². The topological polar surface area (TPSA) is 59.0 Å². The molecule has 0 saturated carbocycles. The van der Waals surface area contributed by atoms with Gasteiger partial charge in [0.1, 0.15) is 17.5 Å². The molecule has 2 atom stereocenters. The molecule has 5 nitrogen and oxygen atoms in total. The lowest BCUT2D eigenvalue weighted by Crippen LogP contribution is -2.46. The third kappa shape index (κ3) is 3.96. The van der Waals surface area contributed by atoms with Gasteiger partial charge >= 0.3 is 5.97 Å². The molecule has 1 fully saturated rings. The van der Waals surface area contributed by atoms with Crippen LogP contribution in [0.3, 0.4) is 0 Å². The van der Waals surface area contributed by atoms with E-state index in [0.29, 0.717) is 6.42 Å². The number of methoxy groups -OCH3 is 2. The summed E-state index contributed by atoms with van der Waals surface area (Å²) in [5, 5.41) is 9.85. The van der Waals surface area contributed by atoms with Crippen LogP contribution in [-0.4, -0.2) is 42.8 Å². The van der Waals surface area contributed by atoms with E-state index in [1.165, 1.54) is 4.88 Å². The van der Waals surface area contributed by atoms with Gasteiger partial charge in [0.25, 0.3) is 0 Å². The van der Waals surface area contributed by atoms with Crippen LogP contribution in [0.1, 0.15) is 47.5 Å². The van der Waals surface area contributed by atoms with E-state index >= 15 is 0 Å². The van der Waals surface area contributed by atoms with Gasteiger partial charge in [-0.1, -0.05) is 19.4 Å². The molecule has 2 heterocycles. The molecule has 0 amide bonds. The Kier molecular flexibility index (Phi) is 6.39. The third-order valence-corrected chi connectivity index (χ3v) is 6.48. The Morgan fingerprint density at radius 3 is 2.48 bits per heavy atom. The predicted molar refractivity (Wildman–Crippen MR) is 107 cm³/mol. The number of likely N-dealkylation sites (tertiary alicyclic amines) is 1. The van der Waals surface area contributed by atoms with E-state index in [9.17, 15) is 9.90 Å². The fourth-order valence-electron chi connectivity index (χ4n) is 3.88. The van der Waals surface area contributed by atoms with Crippen molar-refractivity contribution in [3.63, 3.8) is 0 Å². The van der Waals surface area contributed by atoms with Gasteiger partial charge in [-0.25, -0.2) is 0 Å². The van der Waals surface area contributed by atoms with Crippen LogP contribution in [-0.2, 0) is 11.2 Å². The number of aliphatic carboxylic acids is 1. The van der Waals surface area contributed by atoms with Crippen LogP contribution < -0.4 is 9.47 Å². The number of aryl methyl sites for hydroxylation is 1. The van der Waals surface area contributed by atoms with Gasteiger partial charge in [-0.15, -0.1) is 11.3 Å². The Balaban J connectivity index is 2.18. The van der Waals surface area contributed by atoms with Crippen molar-refractivity contribution in [2.75, 3.05) is 20.8 Å². The summed E-state index contributed by atoms with van der Waals surface area (Å²) in [6.07, 6.45) is 3.55. The second-order valence-electron chi connectivity index (χ2n) is 6.72. The molecule has 1 aliphatic heterocycles. The summed E-state index contributed by atoms with van der Waals surface area (Å²) >= 11 is 1.74. The Morgan fingerprint density at radius 1 is 1.22 bits per heavy atom. The van der Waals surface area contributed by atoms with Gasteiger partial charge in [-0.3, -0.25) is 9.69 Å². The van der Waals surface area contributed by atoms with Gasteiger partial charge in [-0.05, 0) is 50.1 Å². The number of hydrogen-bond acceptors (Lipinski definition) is 5. The average molecular weight is 390 g/mol. The van der Waals surface area contributed by atoms with Crippen molar-refractivity contribution in [3.05, 3.63) is 45.6 Å². The van der Waals surface area contributed by atoms with Crippen LogP contribution in [0.15, 0.2) is 30.3 Å². The Bertz CT molecular complexity index is 766. The standard InChI is InChI=1S/C21H27NO4S/c1-4-14-11-12-18(27-14)20(22-13-6-5-8-15(22)21(23)24)19-16(25-2)9-7-10-17(19)26-3/h7,9-12,15,20H,4-6,8,13H2,1-3H3,(H,23,24). The van der Waals surface area contributed by atoms with E-state index in [1.54, 1.807) is 25.6 Å². The van der Waals surface area contributed by atoms with E-state index in [1.807, 2.05) is 18.2 Å². The quantitative estimate of drug-likeness (QED) is 0.763. The lowest BCUT2D eigenvalue weighted by atomic mass is 9.94. The lowest BCUT2D eigenvalue weighted by molar-refractivity contribution is -0.145. The number of carbonyl (C=O) groups is 1. The number of nitrogens with zero attached hydrogens (tertiary/aromatic N) is 1. The van der Waals surface area contributed by atoms with Crippen molar-refractivity contribution in [3.8, 4) is 11.5 Å². The van der Waals surface area contributed by atoms with Crippen molar-refractivity contribution in [2.24, 2.45) is 0 Å². The van der Waals surface area contributed by atoms with Crippen LogP contribution in [0, 0.1) is 0 Å². The van der Waals surface area contributed by atoms with Gasteiger partial charge in [0.05, 0.1) is 25.8 Å². The number of ether oxygens (including phenoxy) is 2. The van der Waals surface area contributed by atoms with Crippen LogP contribution in [0.2, 0.25) is 0 Å². The molecule has 1 N–H and O–H groups in total. The van der Waals surface area contributed by atoms with Crippen LogP contribution in [0.25, 0.3) is 0 Å². The van der Waals surface area contributed by atoms with Crippen molar-refractivity contribution in [1.82, 2.24) is 4.90 Å². The highest BCUT2D eigenvalue weighted by Crippen LogP contribution is 2.45. The van der Waals surface area contributed by atoms with E-state index in [4.69, 9.17) is 9.47 Å². The van der Waals surface area contributed by atoms with E-state index in [-0.39, 0.29) is 6.04 Å². The summed E-state index contributed by atoms with van der Waals surface area (Å²) < 4.78 is 11.3. The highest BCUT2D eigenvalue weighted by atomic mass is 32.1. The van der Waals surface area contributed by atoms with Gasteiger partial charge < -0.3 is 14.6 Å². The van der Waals surface area contributed by atoms with Crippen molar-refractivity contribution < 1.29 is 19.4 Å². The molecule has 2 aromatic rings. The molecule has 0 bridgehead atoms. The summed E-state index contributed by atoms with van der Waals surface area (Å²) in [6, 6.07) is 9.27. The molecule has 1 aromatic carbocycles. The maximum absolute atomic E-state index is 12.0. The molecule has 1 saturated heterocycles. The van der Waals surface area contributed by atoms with Gasteiger partial charge in [0.2, 0.25) is 0 Å². The molecule has 3 rings (SSSR count). The zero-order valence-corrected chi connectivity index (χ0v) is 16.9. The number of piperidine rings is 1. The summed E-state index contributed by atoms with van der Waals surface area (Å²) in [6.45, 7) is 2.87. The molecule has 1 aliphatic rings. The number of hydrogen-bond donors (Lipinski definition) is 1. The molecule has 0 radical (unpaired) electrons. The Hall–Kier alpha value is -2.05. The highest BCUT2D eigenvalue weighted by molar-refractivity contribution is 7.12. The largest absolute Gasteiger partial charge is 0.496 e. The highest BCUT2D eigenvalue weighted by Gasteiger charge is 2.38. The van der Waals surface area contributed by atoms with E-state index in [2.05, 4.69) is 24.0 Å². The van der Waals surface area contributed by atoms with Crippen molar-refractivity contribution >= 4 is 17.3 Å². The molecular weight excluding hydrogens is 362 g/mol. The van der Waals surface area contributed by atoms with Crippen molar-refractivity contribution in [1.29, 1.82) is 0 Å². The number of benzene rings is 1. The first-order chi connectivity index (χ1) is 13.1. The normalized spacial score (nSPS) is 18.9. The Morgan fingerprint density at radius 2 is 1.93 bits per heavy atom. The maximum Gasteiger partial charge on any atom is 0.320 e. The summed E-state index contributed by atoms with van der Waals surface area (Å²) in [5.74, 6) is 0.682. The van der Waals surface area contributed by atoms with Crippen LogP contribution >= 0.6 is 11.3 Å². The first-order valence-electron chi connectivity index (χ1n) is 9.38. The molecule has 6 heteroatoms. The third-order valence-electron chi connectivity index (χ3n) is 5.20. The number of rotatable bonds is 7. The fraction of sp³-hybridized carbons (Fsp3) is 0.476. The minimum atomic E-state index is -0.763. The zero-order chi connectivity index (χ0) is 19.4. The molecule has 0 aliphatic carbocycles. The van der Waals surface area contributed by atoms with Crippen molar-refractivity contribution in [2.45, 2.75) is 44.7 Å². The van der Waals surface area contributed by atoms with Gasteiger partial charge in [-0.2, -0.15) is 0 Å². The lowest BCUT2D eigenvalue weighted by Gasteiger charge is -2.39. The molecule has 0 spiro atoms. The second kappa shape index (κ2) is 8.76. The molecule has 1 aromatic heterocycles.